The number of fused-ring (bicyclic) bond motifs is 1. The molecule has 2 aliphatic rings. The third-order valence-corrected chi connectivity index (χ3v) is 6.52. The summed E-state index contributed by atoms with van der Waals surface area (Å²) in [6, 6.07) is 5.39. The average Bonchev–Trinajstić information content (AvgIpc) is 3.06. The van der Waals surface area contributed by atoms with Crippen LogP contribution >= 0.6 is 0 Å². The number of hydrogen-bond acceptors (Lipinski definition) is 6. The fourth-order valence-corrected chi connectivity index (χ4v) is 4.41. The van der Waals surface area contributed by atoms with E-state index in [1.54, 1.807) is 18.6 Å². The molecule has 206 valence electrons. The van der Waals surface area contributed by atoms with Crippen LogP contribution in [0.2, 0.25) is 0 Å². The highest BCUT2D eigenvalue weighted by Crippen LogP contribution is 2.36. The maximum Gasteiger partial charge on any atom is 0.416 e. The molecule has 1 aliphatic carbocycles. The number of hydrogen-bond donors (Lipinski definition) is 1. The molecule has 0 amide bonds. The van der Waals surface area contributed by atoms with E-state index in [0.29, 0.717) is 35.5 Å². The summed E-state index contributed by atoms with van der Waals surface area (Å²) >= 11 is 0. The second-order valence-corrected chi connectivity index (χ2v) is 9.28. The fourth-order valence-electron chi connectivity index (χ4n) is 4.41. The molecule has 2 heterocycles. The molecule has 4 rings (SSSR count). The van der Waals surface area contributed by atoms with Crippen molar-refractivity contribution in [3.8, 4) is 11.5 Å². The van der Waals surface area contributed by atoms with Crippen LogP contribution in [0.15, 0.2) is 77.4 Å². The van der Waals surface area contributed by atoms with Gasteiger partial charge in [-0.25, -0.2) is 9.98 Å². The van der Waals surface area contributed by atoms with E-state index in [9.17, 15) is 13.2 Å². The Labute approximate surface area is 225 Å². The van der Waals surface area contributed by atoms with Crippen molar-refractivity contribution in [3.63, 3.8) is 0 Å². The van der Waals surface area contributed by atoms with Crippen molar-refractivity contribution < 1.29 is 32.4 Å². The Morgan fingerprint density at radius 1 is 1.18 bits per heavy atom. The van der Waals surface area contributed by atoms with E-state index >= 15 is 0 Å². The first-order valence-electron chi connectivity index (χ1n) is 12.6. The second-order valence-electron chi connectivity index (χ2n) is 9.28. The van der Waals surface area contributed by atoms with Gasteiger partial charge in [0, 0.05) is 19.0 Å². The van der Waals surface area contributed by atoms with Gasteiger partial charge in [0.05, 0.1) is 26.3 Å². The molecule has 7 nitrogen and oxygen atoms in total. The quantitative estimate of drug-likeness (QED) is 0.502. The summed E-state index contributed by atoms with van der Waals surface area (Å²) in [5, 5.41) is 4.42. The molecule has 1 unspecified atom stereocenters. The van der Waals surface area contributed by atoms with E-state index in [2.05, 4.69) is 33.8 Å². The molecule has 2 aromatic rings. The topological polar surface area (TPSA) is 79.1 Å². The largest absolute Gasteiger partial charge is 0.501 e. The minimum atomic E-state index is -4.55. The maximum absolute atomic E-state index is 13.6. The first-order valence-corrected chi connectivity index (χ1v) is 12.6. The lowest BCUT2D eigenvalue weighted by Crippen LogP contribution is -2.39. The number of allylic oxidation sites excluding steroid dienone is 4. The van der Waals surface area contributed by atoms with E-state index in [1.807, 2.05) is 18.2 Å². The van der Waals surface area contributed by atoms with Crippen LogP contribution in [0.25, 0.3) is 5.57 Å². The lowest BCUT2D eigenvalue weighted by molar-refractivity contribution is -0.367. The standard InChI is InChI=1S/C29H31F3N4O3/c1-18-7-5-6-11-33-27-26(18)28(36-17-35-27)34-12-10-20-8-9-23(25(14-20)38-4)39-24-16-21(29(30,31)32)15-22(37-3)13-19(24)2/h6,8-9,11,14-17,24H,2,5,7,10,12-13H2,1,3-4H3,(H,33,34,35,36)/p+1. The third-order valence-electron chi connectivity index (χ3n) is 6.52. The van der Waals surface area contributed by atoms with Gasteiger partial charge in [0.1, 0.15) is 17.1 Å². The Hall–Kier alpha value is -4.08. The number of nitrogens with zero attached hydrogens (tertiary/aromatic N) is 2. The predicted octanol–water partition coefficient (Wildman–Crippen LogP) is 4.38. The van der Waals surface area contributed by atoms with Crippen molar-refractivity contribution >= 4 is 11.4 Å². The Balaban J connectivity index is 1.50. The molecule has 39 heavy (non-hydrogen) atoms. The molecule has 2 N–H and O–H groups in total. The molecule has 1 aromatic heterocycles. The molecule has 1 aromatic carbocycles. The summed E-state index contributed by atoms with van der Waals surface area (Å²) in [7, 11) is 2.83. The minimum absolute atomic E-state index is 0.125. The van der Waals surface area contributed by atoms with Gasteiger partial charge in [-0.05, 0) is 55.2 Å². The first-order chi connectivity index (χ1) is 18.7. The molecule has 1 atom stereocenters. The molecule has 10 heteroatoms. The van der Waals surface area contributed by atoms with Crippen molar-refractivity contribution in [3.05, 3.63) is 88.7 Å². The number of halogens is 3. The monoisotopic (exact) mass is 541 g/mol. The van der Waals surface area contributed by atoms with Crippen LogP contribution in [-0.2, 0) is 11.2 Å². The lowest BCUT2D eigenvalue weighted by atomic mass is 10.1. The lowest BCUT2D eigenvalue weighted by Gasteiger charge is -2.20. The minimum Gasteiger partial charge on any atom is -0.501 e. The van der Waals surface area contributed by atoms with Crippen LogP contribution in [0.4, 0.5) is 19.0 Å². The van der Waals surface area contributed by atoms with Crippen LogP contribution in [0.5, 0.6) is 11.5 Å². The highest BCUT2D eigenvalue weighted by Gasteiger charge is 2.35. The Kier molecular flexibility index (Phi) is 8.73. The van der Waals surface area contributed by atoms with Gasteiger partial charge in [-0.2, -0.15) is 13.2 Å². The van der Waals surface area contributed by atoms with Gasteiger partial charge in [-0.15, -0.1) is 0 Å². The summed E-state index contributed by atoms with van der Waals surface area (Å²) in [6.07, 6.45) is 4.49. The summed E-state index contributed by atoms with van der Waals surface area (Å²) in [5.74, 6) is 1.76. The van der Waals surface area contributed by atoms with Crippen LogP contribution < -0.4 is 30.5 Å². The smallest absolute Gasteiger partial charge is 0.416 e. The number of nitrogens with one attached hydrogen (secondary N) is 2. The van der Waals surface area contributed by atoms with Crippen molar-refractivity contribution in [2.75, 3.05) is 26.1 Å². The summed E-state index contributed by atoms with van der Waals surface area (Å²) in [6.45, 7) is 6.63. The number of aromatic nitrogens is 2. The van der Waals surface area contributed by atoms with Crippen LogP contribution in [-0.4, -0.2) is 38.0 Å². The normalized spacial score (nSPS) is 17.5. The molecule has 0 saturated carbocycles. The Morgan fingerprint density at radius 2 is 2.00 bits per heavy atom. The van der Waals surface area contributed by atoms with E-state index in [4.69, 9.17) is 14.2 Å². The molecule has 0 spiro atoms. The summed E-state index contributed by atoms with van der Waals surface area (Å²) in [4.78, 5) is 12.0. The van der Waals surface area contributed by atoms with Crippen molar-refractivity contribution in [1.82, 2.24) is 4.98 Å². The molecule has 0 bridgehead atoms. The molecule has 1 aliphatic heterocycles. The zero-order chi connectivity index (χ0) is 28.0. The number of methoxy groups -OCH3 is 2. The highest BCUT2D eigenvalue weighted by molar-refractivity contribution is 5.49. The zero-order valence-corrected chi connectivity index (χ0v) is 22.2. The SMILES string of the molecule is C=C1CC(OC)=CC(C(F)(F)F)=CC1Oc1ccc(CCNc2[nH+]cnc3c2=C(C)CCC=CN=3)cc1OC. The Morgan fingerprint density at radius 3 is 2.74 bits per heavy atom. The van der Waals surface area contributed by atoms with Gasteiger partial charge in [-0.1, -0.05) is 29.3 Å². The van der Waals surface area contributed by atoms with Crippen molar-refractivity contribution in [2.45, 2.75) is 44.9 Å². The third kappa shape index (κ3) is 6.87. The number of benzene rings is 1. The van der Waals surface area contributed by atoms with Gasteiger partial charge >= 0.3 is 6.18 Å². The van der Waals surface area contributed by atoms with E-state index < -0.39 is 17.9 Å². The number of rotatable bonds is 8. The van der Waals surface area contributed by atoms with Gasteiger partial charge in [0.25, 0.3) is 0 Å². The van der Waals surface area contributed by atoms with Crippen molar-refractivity contribution in [1.29, 1.82) is 0 Å². The number of ether oxygens (including phenoxy) is 3. The van der Waals surface area contributed by atoms with Crippen LogP contribution in [0.3, 0.4) is 0 Å². The number of anilines is 1. The van der Waals surface area contributed by atoms with Crippen LogP contribution in [0, 0.1) is 0 Å². The first kappa shape index (κ1) is 27.9. The van der Waals surface area contributed by atoms with Crippen molar-refractivity contribution in [2.24, 2.45) is 4.99 Å². The van der Waals surface area contributed by atoms with Gasteiger partial charge in [0.15, 0.2) is 11.5 Å². The Bertz CT molecular complexity index is 1440. The van der Waals surface area contributed by atoms with E-state index in [0.717, 1.165) is 41.6 Å². The molecule has 0 saturated heterocycles. The van der Waals surface area contributed by atoms with Crippen LogP contribution in [0.1, 0.15) is 31.7 Å². The van der Waals surface area contributed by atoms with E-state index in [1.165, 1.54) is 19.8 Å². The summed E-state index contributed by atoms with van der Waals surface area (Å²) in [5.41, 5.74) is 2.43. The average molecular weight is 542 g/mol. The predicted molar refractivity (Wildman–Crippen MR) is 142 cm³/mol. The van der Waals surface area contributed by atoms with Gasteiger partial charge < -0.3 is 19.5 Å². The maximum atomic E-state index is 13.6. The van der Waals surface area contributed by atoms with Gasteiger partial charge in [0.2, 0.25) is 17.6 Å². The zero-order valence-electron chi connectivity index (χ0n) is 22.2. The number of H-pyrrole nitrogens is 1. The van der Waals surface area contributed by atoms with E-state index in [-0.39, 0.29) is 12.2 Å². The van der Waals surface area contributed by atoms with Gasteiger partial charge in [-0.3, -0.25) is 0 Å². The molecular formula is C29H32F3N4O3+. The molecule has 0 radical (unpaired) electrons. The summed E-state index contributed by atoms with van der Waals surface area (Å²) < 4.78 is 57.3. The highest BCUT2D eigenvalue weighted by atomic mass is 19.4. The number of aromatic amines is 1. The number of alkyl halides is 3. The second kappa shape index (κ2) is 12.2. The molecule has 0 fully saturated rings. The molecular weight excluding hydrogens is 509 g/mol. The fraction of sp³-hybridized carbons (Fsp3) is 0.345.